The molecule has 0 radical (unpaired) electrons. The molecule has 0 aromatic heterocycles. The minimum absolute atomic E-state index is 0.216. The van der Waals surface area contributed by atoms with Gasteiger partial charge in [-0.1, -0.05) is 40.4 Å². The van der Waals surface area contributed by atoms with Gasteiger partial charge in [0.15, 0.2) is 0 Å². The summed E-state index contributed by atoms with van der Waals surface area (Å²) < 4.78 is 7.33. The third-order valence-corrected chi connectivity index (χ3v) is 5.12. The number of halogens is 2. The Morgan fingerprint density at radius 1 is 1.32 bits per heavy atom. The van der Waals surface area contributed by atoms with Gasteiger partial charge in [-0.25, -0.2) is 0 Å². The maximum Gasteiger partial charge on any atom is 0.0756 e. The Morgan fingerprint density at radius 2 is 2.11 bits per heavy atom. The fraction of sp³-hybridized carbons (Fsp3) is 0.600. The largest absolute Gasteiger partial charge is 0.381 e. The van der Waals surface area contributed by atoms with Crippen molar-refractivity contribution < 1.29 is 4.74 Å². The van der Waals surface area contributed by atoms with Gasteiger partial charge in [-0.15, -0.1) is 0 Å². The number of hydrogen-bond acceptors (Lipinski definition) is 2. The van der Waals surface area contributed by atoms with E-state index < -0.39 is 0 Å². The molecule has 1 aliphatic heterocycles. The van der Waals surface area contributed by atoms with Crippen LogP contribution in [0, 0.1) is 0 Å². The number of rotatable bonds is 3. The highest BCUT2D eigenvalue weighted by atomic mass is 79.9. The fourth-order valence-corrected chi connectivity index (χ4v) is 3.83. The summed E-state index contributed by atoms with van der Waals surface area (Å²) >= 11 is 9.65. The van der Waals surface area contributed by atoms with Crippen molar-refractivity contribution in [2.45, 2.75) is 50.2 Å². The van der Waals surface area contributed by atoms with Crippen LogP contribution in [0.4, 0.5) is 5.69 Å². The smallest absolute Gasteiger partial charge is 0.0756 e. The molecule has 3 rings (SSSR count). The molecule has 1 N–H and O–H groups in total. The first-order chi connectivity index (χ1) is 9.17. The van der Waals surface area contributed by atoms with Crippen LogP contribution >= 0.6 is 27.5 Å². The van der Waals surface area contributed by atoms with Gasteiger partial charge in [0.05, 0.1) is 22.4 Å². The zero-order valence-electron chi connectivity index (χ0n) is 10.9. The van der Waals surface area contributed by atoms with Gasteiger partial charge in [-0.2, -0.15) is 0 Å². The van der Waals surface area contributed by atoms with E-state index in [-0.39, 0.29) is 5.60 Å². The predicted molar refractivity (Wildman–Crippen MR) is 82.9 cm³/mol. The molecule has 0 bridgehead atoms. The third-order valence-electron chi connectivity index (χ3n) is 4.30. The molecule has 2 fully saturated rings. The monoisotopic (exact) mass is 343 g/mol. The maximum atomic E-state index is 6.28. The van der Waals surface area contributed by atoms with E-state index in [1.807, 2.05) is 18.2 Å². The van der Waals surface area contributed by atoms with E-state index in [1.165, 1.54) is 38.5 Å². The van der Waals surface area contributed by atoms with E-state index in [0.717, 1.165) is 21.7 Å². The lowest BCUT2D eigenvalue weighted by atomic mass is 9.98. The zero-order chi connectivity index (χ0) is 13.3. The minimum Gasteiger partial charge on any atom is -0.381 e. The standard InChI is InChI=1S/C15H19BrClNO/c16-11-3-4-13(17)14(9-11)18-10-12-5-8-15(19-12)6-1-2-7-15/h3-4,9,12,18H,1-2,5-8,10H2. The molecule has 0 amide bonds. The van der Waals surface area contributed by atoms with Crippen LogP contribution in [0.25, 0.3) is 0 Å². The molecule has 1 aliphatic carbocycles. The Morgan fingerprint density at radius 3 is 2.89 bits per heavy atom. The van der Waals surface area contributed by atoms with Crippen LogP contribution in [-0.2, 0) is 4.74 Å². The topological polar surface area (TPSA) is 21.3 Å². The molecule has 1 saturated heterocycles. The molecule has 4 heteroatoms. The van der Waals surface area contributed by atoms with Crippen LogP contribution < -0.4 is 5.32 Å². The molecule has 1 heterocycles. The second-order valence-corrected chi connectivity index (χ2v) is 7.00. The molecule has 19 heavy (non-hydrogen) atoms. The summed E-state index contributed by atoms with van der Waals surface area (Å²) in [5, 5.41) is 4.18. The van der Waals surface area contributed by atoms with Crippen molar-refractivity contribution in [2.24, 2.45) is 0 Å². The number of hydrogen-bond donors (Lipinski definition) is 1. The first-order valence-electron chi connectivity index (χ1n) is 7.04. The Kier molecular flexibility index (Phi) is 4.06. The van der Waals surface area contributed by atoms with E-state index in [1.54, 1.807) is 0 Å². The molecule has 1 unspecified atom stereocenters. The Labute approximate surface area is 128 Å². The second-order valence-electron chi connectivity index (χ2n) is 5.67. The molecule has 1 aromatic carbocycles. The number of nitrogens with one attached hydrogen (secondary N) is 1. The molecular formula is C15H19BrClNO. The number of ether oxygens (including phenoxy) is 1. The summed E-state index contributed by atoms with van der Waals surface area (Å²) in [6, 6.07) is 5.87. The highest BCUT2D eigenvalue weighted by molar-refractivity contribution is 9.10. The summed E-state index contributed by atoms with van der Waals surface area (Å²) in [6.07, 6.45) is 7.88. The quantitative estimate of drug-likeness (QED) is 0.832. The Hall–Kier alpha value is -0.250. The lowest BCUT2D eigenvalue weighted by Crippen LogP contribution is -2.27. The lowest BCUT2D eigenvalue weighted by molar-refractivity contribution is -0.0307. The zero-order valence-corrected chi connectivity index (χ0v) is 13.3. The molecule has 104 valence electrons. The van der Waals surface area contributed by atoms with Gasteiger partial charge in [0.25, 0.3) is 0 Å². The summed E-state index contributed by atoms with van der Waals surface area (Å²) in [5.74, 6) is 0. The third kappa shape index (κ3) is 3.09. The number of benzene rings is 1. The van der Waals surface area contributed by atoms with E-state index in [0.29, 0.717) is 6.10 Å². The van der Waals surface area contributed by atoms with E-state index >= 15 is 0 Å². The molecule has 2 aliphatic rings. The number of anilines is 1. The van der Waals surface area contributed by atoms with E-state index in [4.69, 9.17) is 16.3 Å². The highest BCUT2D eigenvalue weighted by Gasteiger charge is 2.41. The predicted octanol–water partition coefficient (Wildman–Crippen LogP) is 5.01. The second kappa shape index (κ2) is 5.63. The Balaban J connectivity index is 1.57. The van der Waals surface area contributed by atoms with Gasteiger partial charge in [-0.3, -0.25) is 0 Å². The van der Waals surface area contributed by atoms with Crippen molar-refractivity contribution in [3.05, 3.63) is 27.7 Å². The molecule has 1 spiro atoms. The van der Waals surface area contributed by atoms with Gasteiger partial charge in [-0.05, 0) is 43.9 Å². The van der Waals surface area contributed by atoms with Gasteiger partial charge in [0, 0.05) is 11.0 Å². The van der Waals surface area contributed by atoms with Gasteiger partial charge >= 0.3 is 0 Å². The normalized spacial score (nSPS) is 25.1. The van der Waals surface area contributed by atoms with Crippen LogP contribution in [-0.4, -0.2) is 18.2 Å². The van der Waals surface area contributed by atoms with E-state index in [9.17, 15) is 0 Å². The van der Waals surface area contributed by atoms with Crippen molar-refractivity contribution in [3.8, 4) is 0 Å². The van der Waals surface area contributed by atoms with Crippen LogP contribution in [0.5, 0.6) is 0 Å². The van der Waals surface area contributed by atoms with Crippen molar-refractivity contribution >= 4 is 33.2 Å². The van der Waals surface area contributed by atoms with Crippen molar-refractivity contribution in [3.63, 3.8) is 0 Å². The van der Waals surface area contributed by atoms with Gasteiger partial charge < -0.3 is 10.1 Å². The van der Waals surface area contributed by atoms with Crippen molar-refractivity contribution in [2.75, 3.05) is 11.9 Å². The van der Waals surface area contributed by atoms with Crippen LogP contribution in [0.1, 0.15) is 38.5 Å². The molecule has 1 atom stereocenters. The highest BCUT2D eigenvalue weighted by Crippen LogP contribution is 2.43. The summed E-state index contributed by atoms with van der Waals surface area (Å²) in [6.45, 7) is 0.845. The van der Waals surface area contributed by atoms with Crippen LogP contribution in [0.3, 0.4) is 0 Å². The first-order valence-corrected chi connectivity index (χ1v) is 8.21. The van der Waals surface area contributed by atoms with Gasteiger partial charge in [0.2, 0.25) is 0 Å². The van der Waals surface area contributed by atoms with Gasteiger partial charge in [0.1, 0.15) is 0 Å². The molecule has 1 aromatic rings. The van der Waals surface area contributed by atoms with Crippen molar-refractivity contribution in [1.82, 2.24) is 0 Å². The Bertz CT molecular complexity index is 459. The molecular weight excluding hydrogens is 326 g/mol. The van der Waals surface area contributed by atoms with E-state index in [2.05, 4.69) is 21.2 Å². The fourth-order valence-electron chi connectivity index (χ4n) is 3.28. The summed E-state index contributed by atoms with van der Waals surface area (Å²) in [7, 11) is 0. The minimum atomic E-state index is 0.216. The molecule has 2 nitrogen and oxygen atoms in total. The average Bonchev–Trinajstić information content (AvgIpc) is 3.02. The molecule has 1 saturated carbocycles. The summed E-state index contributed by atoms with van der Waals surface area (Å²) in [5.41, 5.74) is 1.19. The first kappa shape index (κ1) is 13.7. The van der Waals surface area contributed by atoms with Crippen LogP contribution in [0.15, 0.2) is 22.7 Å². The SMILES string of the molecule is Clc1ccc(Br)cc1NCC1CCC2(CCCC2)O1. The average molecular weight is 345 g/mol. The van der Waals surface area contributed by atoms with Crippen LogP contribution in [0.2, 0.25) is 5.02 Å². The van der Waals surface area contributed by atoms with Crippen molar-refractivity contribution in [1.29, 1.82) is 0 Å². The summed E-state index contributed by atoms with van der Waals surface area (Å²) in [4.78, 5) is 0. The maximum absolute atomic E-state index is 6.28. The lowest BCUT2D eigenvalue weighted by Gasteiger charge is -2.24.